The van der Waals surface area contributed by atoms with Gasteiger partial charge in [0.2, 0.25) is 0 Å². The van der Waals surface area contributed by atoms with Crippen LogP contribution in [0.15, 0.2) is 12.4 Å². The summed E-state index contributed by atoms with van der Waals surface area (Å²) < 4.78 is 2.33. The molecule has 0 bridgehead atoms. The first-order valence-corrected chi connectivity index (χ1v) is 7.12. The molecule has 0 radical (unpaired) electrons. The van der Waals surface area contributed by atoms with Gasteiger partial charge in [-0.25, -0.2) is 4.98 Å². The molecule has 0 aromatic carbocycles. The van der Waals surface area contributed by atoms with Gasteiger partial charge in [0.15, 0.2) is 0 Å². The highest BCUT2D eigenvalue weighted by atomic mass is 15.1. The van der Waals surface area contributed by atoms with Gasteiger partial charge in [-0.05, 0) is 40.0 Å². The van der Waals surface area contributed by atoms with Gasteiger partial charge in [0.05, 0.1) is 0 Å². The maximum Gasteiger partial charge on any atom is 0.108 e. The smallest absolute Gasteiger partial charge is 0.108 e. The van der Waals surface area contributed by atoms with Gasteiger partial charge in [-0.15, -0.1) is 0 Å². The molecule has 3 nitrogen and oxygen atoms in total. The Morgan fingerprint density at radius 3 is 2.56 bits per heavy atom. The Hall–Kier alpha value is -0.830. The zero-order valence-corrected chi connectivity index (χ0v) is 12.8. The van der Waals surface area contributed by atoms with Crippen molar-refractivity contribution in [1.29, 1.82) is 0 Å². The SMILES string of the molecule is CCCc1nccn1C(C)C(C)CNC(C)(C)C. The largest absolute Gasteiger partial charge is 0.332 e. The minimum absolute atomic E-state index is 0.190. The van der Waals surface area contributed by atoms with Gasteiger partial charge in [0.1, 0.15) is 5.82 Å². The lowest BCUT2D eigenvalue weighted by molar-refractivity contribution is 0.312. The summed E-state index contributed by atoms with van der Waals surface area (Å²) in [6, 6.07) is 0.490. The molecular formula is C15H29N3. The first kappa shape index (κ1) is 15.2. The van der Waals surface area contributed by atoms with Crippen LogP contribution in [0.4, 0.5) is 0 Å². The molecule has 2 unspecified atom stereocenters. The maximum atomic E-state index is 4.46. The highest BCUT2D eigenvalue weighted by Gasteiger charge is 2.18. The summed E-state index contributed by atoms with van der Waals surface area (Å²) in [5.41, 5.74) is 0.190. The van der Waals surface area contributed by atoms with Crippen molar-refractivity contribution in [3.8, 4) is 0 Å². The Balaban J connectivity index is 2.62. The average molecular weight is 251 g/mol. The van der Waals surface area contributed by atoms with E-state index in [0.29, 0.717) is 12.0 Å². The van der Waals surface area contributed by atoms with E-state index in [1.807, 2.05) is 6.20 Å². The minimum atomic E-state index is 0.190. The van der Waals surface area contributed by atoms with Gasteiger partial charge in [-0.3, -0.25) is 0 Å². The van der Waals surface area contributed by atoms with Crippen LogP contribution in [0.2, 0.25) is 0 Å². The van der Waals surface area contributed by atoms with Crippen molar-refractivity contribution in [2.75, 3.05) is 6.54 Å². The van der Waals surface area contributed by atoms with E-state index in [-0.39, 0.29) is 5.54 Å². The fraction of sp³-hybridized carbons (Fsp3) is 0.800. The molecule has 3 heteroatoms. The van der Waals surface area contributed by atoms with Gasteiger partial charge in [-0.2, -0.15) is 0 Å². The van der Waals surface area contributed by atoms with Crippen molar-refractivity contribution in [3.05, 3.63) is 18.2 Å². The van der Waals surface area contributed by atoms with Gasteiger partial charge in [0.25, 0.3) is 0 Å². The van der Waals surface area contributed by atoms with E-state index in [0.717, 1.165) is 19.4 Å². The highest BCUT2D eigenvalue weighted by molar-refractivity contribution is 4.96. The molecule has 1 heterocycles. The second-order valence-electron chi connectivity index (χ2n) is 6.35. The van der Waals surface area contributed by atoms with Crippen molar-refractivity contribution in [3.63, 3.8) is 0 Å². The van der Waals surface area contributed by atoms with Gasteiger partial charge in [0, 0.05) is 36.9 Å². The normalized spacial score (nSPS) is 15.7. The van der Waals surface area contributed by atoms with Crippen LogP contribution in [-0.4, -0.2) is 21.6 Å². The summed E-state index contributed by atoms with van der Waals surface area (Å²) in [7, 11) is 0. The molecule has 104 valence electrons. The molecule has 1 aromatic heterocycles. The molecule has 0 amide bonds. The molecule has 0 aliphatic rings. The molecule has 0 saturated carbocycles. The summed E-state index contributed by atoms with van der Waals surface area (Å²) >= 11 is 0. The van der Waals surface area contributed by atoms with Crippen LogP contribution in [0.3, 0.4) is 0 Å². The molecule has 0 fully saturated rings. The summed E-state index contributed by atoms with van der Waals surface area (Å²) in [4.78, 5) is 4.46. The molecule has 0 aliphatic heterocycles. The fourth-order valence-corrected chi connectivity index (χ4v) is 2.04. The zero-order valence-electron chi connectivity index (χ0n) is 12.8. The monoisotopic (exact) mass is 251 g/mol. The molecule has 0 saturated heterocycles. The van der Waals surface area contributed by atoms with E-state index < -0.39 is 0 Å². The third-order valence-corrected chi connectivity index (χ3v) is 3.44. The van der Waals surface area contributed by atoms with Crippen LogP contribution in [0.25, 0.3) is 0 Å². The number of hydrogen-bond donors (Lipinski definition) is 1. The van der Waals surface area contributed by atoms with Crippen molar-refractivity contribution in [2.45, 2.75) is 66.0 Å². The minimum Gasteiger partial charge on any atom is -0.332 e. The molecule has 0 aliphatic carbocycles. The van der Waals surface area contributed by atoms with E-state index in [4.69, 9.17) is 0 Å². The first-order valence-electron chi connectivity index (χ1n) is 7.12. The van der Waals surface area contributed by atoms with Crippen LogP contribution in [0.5, 0.6) is 0 Å². The van der Waals surface area contributed by atoms with E-state index in [9.17, 15) is 0 Å². The number of aryl methyl sites for hydroxylation is 1. The number of hydrogen-bond acceptors (Lipinski definition) is 2. The van der Waals surface area contributed by atoms with Crippen molar-refractivity contribution in [2.24, 2.45) is 5.92 Å². The predicted molar refractivity (Wildman–Crippen MR) is 77.9 cm³/mol. The van der Waals surface area contributed by atoms with E-state index in [2.05, 4.69) is 62.6 Å². The van der Waals surface area contributed by atoms with Crippen LogP contribution in [0.1, 0.15) is 59.8 Å². The fourth-order valence-electron chi connectivity index (χ4n) is 2.04. The number of nitrogens with one attached hydrogen (secondary N) is 1. The second-order valence-corrected chi connectivity index (χ2v) is 6.35. The summed E-state index contributed by atoms with van der Waals surface area (Å²) in [5, 5.41) is 3.58. The third-order valence-electron chi connectivity index (χ3n) is 3.44. The van der Waals surface area contributed by atoms with E-state index in [1.165, 1.54) is 5.82 Å². The molecule has 1 aromatic rings. The third kappa shape index (κ3) is 4.45. The number of aromatic nitrogens is 2. The van der Waals surface area contributed by atoms with Crippen molar-refractivity contribution < 1.29 is 0 Å². The number of rotatable bonds is 6. The van der Waals surface area contributed by atoms with Crippen LogP contribution in [-0.2, 0) is 6.42 Å². The van der Waals surface area contributed by atoms with Crippen LogP contribution < -0.4 is 5.32 Å². The van der Waals surface area contributed by atoms with E-state index >= 15 is 0 Å². The summed E-state index contributed by atoms with van der Waals surface area (Å²) in [6.45, 7) is 14.5. The molecule has 1 rings (SSSR count). The summed E-state index contributed by atoms with van der Waals surface area (Å²) in [5.74, 6) is 1.81. The molecule has 18 heavy (non-hydrogen) atoms. The first-order chi connectivity index (χ1) is 8.35. The summed E-state index contributed by atoms with van der Waals surface area (Å²) in [6.07, 6.45) is 6.25. The van der Waals surface area contributed by atoms with Crippen molar-refractivity contribution >= 4 is 0 Å². The maximum absolute atomic E-state index is 4.46. The van der Waals surface area contributed by atoms with Crippen molar-refractivity contribution in [1.82, 2.24) is 14.9 Å². The Morgan fingerprint density at radius 1 is 1.33 bits per heavy atom. The van der Waals surface area contributed by atoms with E-state index in [1.54, 1.807) is 0 Å². The molecule has 2 atom stereocenters. The van der Waals surface area contributed by atoms with Gasteiger partial charge >= 0.3 is 0 Å². The second kappa shape index (κ2) is 6.37. The highest BCUT2D eigenvalue weighted by Crippen LogP contribution is 2.20. The Bertz CT molecular complexity index is 349. The van der Waals surface area contributed by atoms with Crippen LogP contribution in [0, 0.1) is 5.92 Å². The lowest BCUT2D eigenvalue weighted by Gasteiger charge is -2.28. The predicted octanol–water partition coefficient (Wildman–Crippen LogP) is 3.42. The number of nitrogens with zero attached hydrogens (tertiary/aromatic N) is 2. The molecule has 1 N–H and O–H groups in total. The quantitative estimate of drug-likeness (QED) is 0.839. The topological polar surface area (TPSA) is 29.9 Å². The lowest BCUT2D eigenvalue weighted by Crippen LogP contribution is -2.40. The van der Waals surface area contributed by atoms with Gasteiger partial charge < -0.3 is 9.88 Å². The standard InChI is InChI=1S/C15H29N3/c1-7-8-14-16-9-10-18(14)13(3)12(2)11-17-15(4,5)6/h9-10,12-13,17H,7-8,11H2,1-6H3. The molecule has 0 spiro atoms. The molecular weight excluding hydrogens is 222 g/mol. The Labute approximate surface area is 112 Å². The number of imidazole rings is 1. The van der Waals surface area contributed by atoms with Crippen LogP contribution >= 0.6 is 0 Å². The average Bonchev–Trinajstić information content (AvgIpc) is 2.72. The Kier molecular flexibility index (Phi) is 5.39. The van der Waals surface area contributed by atoms with Gasteiger partial charge in [-0.1, -0.05) is 13.8 Å². The zero-order chi connectivity index (χ0) is 13.8. The Morgan fingerprint density at radius 2 is 2.00 bits per heavy atom. The lowest BCUT2D eigenvalue weighted by atomic mass is 10.0.